The Morgan fingerprint density at radius 1 is 0.968 bits per heavy atom. The molecule has 2 atom stereocenters. The van der Waals surface area contributed by atoms with Crippen LogP contribution in [0, 0.1) is 0 Å². The molecule has 2 aromatic rings. The number of halogens is 2. The van der Waals surface area contributed by atoms with Crippen LogP contribution in [0.3, 0.4) is 0 Å². The van der Waals surface area contributed by atoms with Crippen LogP contribution >= 0.6 is 24.8 Å². The molecule has 0 radical (unpaired) electrons. The summed E-state index contributed by atoms with van der Waals surface area (Å²) in [5.41, 5.74) is 2.44. The minimum Gasteiger partial charge on any atom is -0.497 e. The number of ether oxygens (including phenoxy) is 2. The van der Waals surface area contributed by atoms with Crippen LogP contribution in [0.25, 0.3) is 0 Å². The van der Waals surface area contributed by atoms with E-state index in [1.807, 2.05) is 30.3 Å². The first-order valence-corrected chi connectivity index (χ1v) is 10.6. The summed E-state index contributed by atoms with van der Waals surface area (Å²) in [6.07, 6.45) is 0.578. The summed E-state index contributed by atoms with van der Waals surface area (Å²) >= 11 is 0. The van der Waals surface area contributed by atoms with E-state index in [9.17, 15) is 5.11 Å². The average molecular weight is 471 g/mol. The highest BCUT2D eigenvalue weighted by molar-refractivity contribution is 5.85. The number of aliphatic hydroxyl groups excluding tert-OH is 1. The van der Waals surface area contributed by atoms with Crippen molar-refractivity contribution in [3.05, 3.63) is 54.1 Å². The molecular weight excluding hydrogens is 435 g/mol. The smallest absolute Gasteiger partial charge is 0.122 e. The topological polar surface area (TPSA) is 45.2 Å². The summed E-state index contributed by atoms with van der Waals surface area (Å²) in [6, 6.07) is 16.4. The van der Waals surface area contributed by atoms with Gasteiger partial charge in [0.2, 0.25) is 0 Å². The molecule has 174 valence electrons. The molecule has 0 aromatic heterocycles. The van der Waals surface area contributed by atoms with Crippen LogP contribution in [0.1, 0.15) is 31.7 Å². The van der Waals surface area contributed by atoms with E-state index in [4.69, 9.17) is 9.47 Å². The summed E-state index contributed by atoms with van der Waals surface area (Å²) in [7, 11) is 1.69. The Kier molecular flexibility index (Phi) is 12.1. The molecule has 1 N–H and O–H groups in total. The molecule has 0 bridgehead atoms. The van der Waals surface area contributed by atoms with Crippen LogP contribution in [0.2, 0.25) is 0 Å². The normalized spacial score (nSPS) is 15.9. The van der Waals surface area contributed by atoms with Gasteiger partial charge in [0.05, 0.1) is 7.11 Å². The molecule has 1 heterocycles. The van der Waals surface area contributed by atoms with Gasteiger partial charge in [-0.05, 0) is 48.2 Å². The Morgan fingerprint density at radius 2 is 1.61 bits per heavy atom. The molecular formula is C24H36Cl2N2O3. The van der Waals surface area contributed by atoms with Crippen molar-refractivity contribution in [2.45, 2.75) is 32.3 Å². The molecule has 7 heteroatoms. The van der Waals surface area contributed by atoms with E-state index in [-0.39, 0.29) is 24.8 Å². The van der Waals surface area contributed by atoms with Crippen LogP contribution in [0.5, 0.6) is 11.5 Å². The van der Waals surface area contributed by atoms with Crippen molar-refractivity contribution in [3.63, 3.8) is 0 Å². The Bertz CT molecular complexity index is 753. The molecule has 0 amide bonds. The van der Waals surface area contributed by atoms with E-state index < -0.39 is 6.10 Å². The van der Waals surface area contributed by atoms with Gasteiger partial charge in [-0.15, -0.1) is 24.8 Å². The van der Waals surface area contributed by atoms with Crippen molar-refractivity contribution in [1.82, 2.24) is 4.90 Å². The second kappa shape index (κ2) is 13.7. The van der Waals surface area contributed by atoms with Crippen molar-refractivity contribution in [1.29, 1.82) is 0 Å². The zero-order chi connectivity index (χ0) is 20.6. The molecule has 5 nitrogen and oxygen atoms in total. The van der Waals surface area contributed by atoms with E-state index in [0.29, 0.717) is 19.1 Å². The molecule has 3 rings (SSSR count). The highest BCUT2D eigenvalue weighted by atomic mass is 35.5. The number of methoxy groups -OCH3 is 1. The first kappa shape index (κ1) is 27.4. The number of hydrogen-bond acceptors (Lipinski definition) is 5. The molecule has 1 aliphatic rings. The quantitative estimate of drug-likeness (QED) is 0.579. The van der Waals surface area contributed by atoms with Crippen molar-refractivity contribution >= 4 is 30.5 Å². The maximum atomic E-state index is 10.5. The van der Waals surface area contributed by atoms with Crippen molar-refractivity contribution in [2.24, 2.45) is 0 Å². The second-order valence-corrected chi connectivity index (χ2v) is 7.80. The van der Waals surface area contributed by atoms with Gasteiger partial charge in [0, 0.05) is 38.4 Å². The van der Waals surface area contributed by atoms with Gasteiger partial charge in [-0.25, -0.2) is 0 Å². The number of aliphatic hydroxyl groups is 1. The van der Waals surface area contributed by atoms with E-state index in [2.05, 4.69) is 41.8 Å². The van der Waals surface area contributed by atoms with E-state index in [0.717, 1.165) is 44.1 Å². The van der Waals surface area contributed by atoms with Crippen LogP contribution in [-0.4, -0.2) is 62.6 Å². The number of β-amino-alcohol motifs (C(OH)–C–C–N with tert-alkyl or cyclic N) is 1. The molecule has 0 spiro atoms. The second-order valence-electron chi connectivity index (χ2n) is 7.80. The van der Waals surface area contributed by atoms with Crippen LogP contribution in [0.15, 0.2) is 48.5 Å². The predicted octanol–water partition coefficient (Wildman–Crippen LogP) is 4.61. The minimum absolute atomic E-state index is 0. The lowest BCUT2D eigenvalue weighted by atomic mass is 9.98. The van der Waals surface area contributed by atoms with Gasteiger partial charge in [0.1, 0.15) is 24.2 Å². The van der Waals surface area contributed by atoms with Gasteiger partial charge in [0.25, 0.3) is 0 Å². The fourth-order valence-corrected chi connectivity index (χ4v) is 3.76. The zero-order valence-corrected chi connectivity index (χ0v) is 20.3. The fraction of sp³-hybridized carbons (Fsp3) is 0.500. The van der Waals surface area contributed by atoms with Crippen LogP contribution in [0.4, 0.5) is 5.69 Å². The number of benzene rings is 2. The van der Waals surface area contributed by atoms with Crippen LogP contribution < -0.4 is 14.4 Å². The predicted molar refractivity (Wildman–Crippen MR) is 133 cm³/mol. The largest absolute Gasteiger partial charge is 0.497 e. The first-order chi connectivity index (χ1) is 14.1. The number of anilines is 1. The zero-order valence-electron chi connectivity index (χ0n) is 18.7. The molecule has 2 aromatic carbocycles. The number of piperazine rings is 1. The van der Waals surface area contributed by atoms with Gasteiger partial charge < -0.3 is 19.5 Å². The van der Waals surface area contributed by atoms with E-state index >= 15 is 0 Å². The Hall–Kier alpha value is -1.66. The molecule has 1 saturated heterocycles. The van der Waals surface area contributed by atoms with Gasteiger partial charge in [-0.2, -0.15) is 0 Å². The maximum Gasteiger partial charge on any atom is 0.122 e. The number of hydrogen-bond donors (Lipinski definition) is 1. The lowest BCUT2D eigenvalue weighted by Crippen LogP contribution is -2.49. The summed E-state index contributed by atoms with van der Waals surface area (Å²) < 4.78 is 11.2. The lowest BCUT2D eigenvalue weighted by Gasteiger charge is -2.37. The Balaban J connectivity index is 0.00000240. The van der Waals surface area contributed by atoms with Gasteiger partial charge >= 0.3 is 0 Å². The van der Waals surface area contributed by atoms with Crippen molar-refractivity contribution in [2.75, 3.05) is 51.3 Å². The lowest BCUT2D eigenvalue weighted by molar-refractivity contribution is 0.0658. The third-order valence-electron chi connectivity index (χ3n) is 5.77. The first-order valence-electron chi connectivity index (χ1n) is 10.6. The van der Waals surface area contributed by atoms with Crippen LogP contribution in [-0.2, 0) is 0 Å². The highest BCUT2D eigenvalue weighted by Gasteiger charge is 2.20. The number of rotatable bonds is 9. The summed E-state index contributed by atoms with van der Waals surface area (Å²) in [5.74, 6) is 2.23. The third kappa shape index (κ3) is 7.76. The Morgan fingerprint density at radius 3 is 2.23 bits per heavy atom. The SMILES string of the molecule is CCC(C)c1ccccc1OCC(O)CN1CCN(c2ccc(OC)cc2)CC1.Cl.Cl. The number of para-hydroxylation sites is 1. The molecule has 1 aliphatic heterocycles. The average Bonchev–Trinajstić information content (AvgIpc) is 2.78. The van der Waals surface area contributed by atoms with E-state index in [1.54, 1.807) is 7.11 Å². The summed E-state index contributed by atoms with van der Waals surface area (Å²) in [5, 5.41) is 10.5. The van der Waals surface area contributed by atoms with Crippen molar-refractivity contribution < 1.29 is 14.6 Å². The van der Waals surface area contributed by atoms with Gasteiger partial charge in [-0.1, -0.05) is 32.0 Å². The van der Waals surface area contributed by atoms with Crippen molar-refractivity contribution in [3.8, 4) is 11.5 Å². The standard InChI is InChI=1S/C24H34N2O3.2ClH/c1-4-19(2)23-7-5-6-8-24(23)29-18-21(27)17-25-13-15-26(16-14-25)20-9-11-22(28-3)12-10-20;;/h5-12,19,21,27H,4,13-18H2,1-3H3;2*1H. The molecule has 0 saturated carbocycles. The third-order valence-corrected chi connectivity index (χ3v) is 5.77. The molecule has 31 heavy (non-hydrogen) atoms. The molecule has 0 aliphatic carbocycles. The maximum absolute atomic E-state index is 10.5. The summed E-state index contributed by atoms with van der Waals surface area (Å²) in [4.78, 5) is 4.69. The van der Waals surface area contributed by atoms with E-state index in [1.165, 1.54) is 11.3 Å². The molecule has 1 fully saturated rings. The van der Waals surface area contributed by atoms with Gasteiger partial charge in [-0.3, -0.25) is 4.90 Å². The molecule has 2 unspecified atom stereocenters. The van der Waals surface area contributed by atoms with Gasteiger partial charge in [0.15, 0.2) is 0 Å². The minimum atomic E-state index is -0.493. The monoisotopic (exact) mass is 470 g/mol. The Labute approximate surface area is 199 Å². The fourth-order valence-electron chi connectivity index (χ4n) is 3.76. The summed E-state index contributed by atoms with van der Waals surface area (Å²) in [6.45, 7) is 9.14. The number of nitrogens with zero attached hydrogens (tertiary/aromatic N) is 2. The highest BCUT2D eigenvalue weighted by Crippen LogP contribution is 2.28.